The zero-order valence-electron chi connectivity index (χ0n) is 17.0. The standard InChI is InChI=1S/C22H16ClF2N5O2/c1-13-9-27-21(29-5-3-4-28-29)8-18(13)30-14(2)6-20(22(23)19(30)11-31)32-12-17-16(25)7-15(24)10-26-17/h3-10H,12H2,1-2H3. The van der Waals surface area contributed by atoms with Crippen molar-refractivity contribution >= 4 is 23.2 Å². The molecule has 4 heterocycles. The largest absolute Gasteiger partial charge is 0.485 e. The molecule has 7 nitrogen and oxygen atoms in total. The average Bonchev–Trinajstić information content (AvgIpc) is 3.30. The predicted octanol–water partition coefficient (Wildman–Crippen LogP) is 4.36. The highest BCUT2D eigenvalue weighted by molar-refractivity contribution is 6.33. The summed E-state index contributed by atoms with van der Waals surface area (Å²) in [4.78, 5) is 21.6. The third-order valence-electron chi connectivity index (χ3n) is 4.73. The third-order valence-corrected chi connectivity index (χ3v) is 5.09. The molecule has 0 atom stereocenters. The molecule has 0 N–H and O–H groups in total. The molecule has 0 fully saturated rings. The fraction of sp³-hybridized carbons (Fsp3) is 0.136. The Morgan fingerprint density at radius 2 is 2.00 bits per heavy atom. The topological polar surface area (TPSA) is 73.1 Å². The van der Waals surface area contributed by atoms with Crippen LogP contribution in [0.4, 0.5) is 14.5 Å². The molecule has 0 aliphatic carbocycles. The number of carbonyl (C=O) groups excluding carboxylic acids is 1. The number of hydrogen-bond donors (Lipinski definition) is 0. The molecule has 0 unspecified atom stereocenters. The third kappa shape index (κ3) is 4.03. The quantitative estimate of drug-likeness (QED) is 0.532. The predicted molar refractivity (Wildman–Crippen MR) is 113 cm³/mol. The lowest BCUT2D eigenvalue weighted by atomic mass is 10.1. The van der Waals surface area contributed by atoms with Gasteiger partial charge >= 0.3 is 0 Å². The average molecular weight is 456 g/mol. The molecule has 0 bridgehead atoms. The number of halogens is 3. The van der Waals surface area contributed by atoms with E-state index in [1.807, 2.05) is 12.9 Å². The monoisotopic (exact) mass is 455 g/mol. The van der Waals surface area contributed by atoms with Crippen LogP contribution in [0, 0.1) is 18.6 Å². The Morgan fingerprint density at radius 1 is 1.19 bits per heavy atom. The van der Waals surface area contributed by atoms with Crippen LogP contribution in [0.2, 0.25) is 0 Å². The maximum atomic E-state index is 13.9. The summed E-state index contributed by atoms with van der Waals surface area (Å²) in [5.74, 6) is 0.919. The molecule has 162 valence electrons. The van der Waals surface area contributed by atoms with E-state index in [0.717, 1.165) is 11.8 Å². The minimum absolute atomic E-state index is 0.00929. The minimum Gasteiger partial charge on any atom is -0.485 e. The summed E-state index contributed by atoms with van der Waals surface area (Å²) in [6.45, 7) is 3.30. The molecule has 0 amide bonds. The number of aryl methyl sites for hydroxylation is 1. The number of ether oxygens (including phenoxy) is 1. The van der Waals surface area contributed by atoms with Gasteiger partial charge in [-0.25, -0.2) is 23.2 Å². The van der Waals surface area contributed by atoms with Crippen molar-refractivity contribution < 1.29 is 18.3 Å². The number of nitrogens with zero attached hydrogens (tertiary/aromatic N) is 5. The molecule has 3 aromatic rings. The first-order valence-corrected chi connectivity index (χ1v) is 9.80. The van der Waals surface area contributed by atoms with Gasteiger partial charge in [0.05, 0.1) is 11.9 Å². The van der Waals surface area contributed by atoms with E-state index in [-0.39, 0.29) is 28.8 Å². The lowest BCUT2D eigenvalue weighted by Crippen LogP contribution is -2.26. The van der Waals surface area contributed by atoms with E-state index in [9.17, 15) is 13.6 Å². The van der Waals surface area contributed by atoms with Crippen LogP contribution in [0.5, 0.6) is 0 Å². The number of pyridine rings is 2. The van der Waals surface area contributed by atoms with Crippen LogP contribution >= 0.6 is 11.6 Å². The van der Waals surface area contributed by atoms with Crippen molar-refractivity contribution in [3.05, 3.63) is 94.1 Å². The van der Waals surface area contributed by atoms with Crippen LogP contribution in [0.15, 0.2) is 71.2 Å². The summed E-state index contributed by atoms with van der Waals surface area (Å²) < 4.78 is 34.1. The summed E-state index contributed by atoms with van der Waals surface area (Å²) in [6.07, 6.45) is 7.54. The van der Waals surface area contributed by atoms with Crippen molar-refractivity contribution in [1.82, 2.24) is 19.7 Å². The molecule has 10 heteroatoms. The maximum Gasteiger partial charge on any atom is 0.155 e. The maximum absolute atomic E-state index is 13.9. The number of aromatic nitrogens is 4. The smallest absolute Gasteiger partial charge is 0.155 e. The van der Waals surface area contributed by atoms with E-state index in [4.69, 9.17) is 16.3 Å². The van der Waals surface area contributed by atoms with Gasteiger partial charge in [-0.1, -0.05) is 11.6 Å². The van der Waals surface area contributed by atoms with Crippen molar-refractivity contribution in [1.29, 1.82) is 0 Å². The van der Waals surface area contributed by atoms with Crippen molar-refractivity contribution in [2.45, 2.75) is 20.5 Å². The second kappa shape index (κ2) is 8.74. The van der Waals surface area contributed by atoms with E-state index in [2.05, 4.69) is 15.1 Å². The molecule has 0 saturated carbocycles. The fourth-order valence-electron chi connectivity index (χ4n) is 3.18. The Morgan fingerprint density at radius 3 is 2.69 bits per heavy atom. The Labute approximate surface area is 186 Å². The summed E-state index contributed by atoms with van der Waals surface area (Å²) in [7, 11) is 0. The van der Waals surface area contributed by atoms with E-state index < -0.39 is 11.6 Å². The molecule has 3 aromatic heterocycles. The number of hydrogen-bond acceptors (Lipinski definition) is 6. The first-order valence-electron chi connectivity index (χ1n) is 9.42. The molecule has 32 heavy (non-hydrogen) atoms. The van der Waals surface area contributed by atoms with E-state index in [0.29, 0.717) is 23.3 Å². The zero-order chi connectivity index (χ0) is 22.8. The van der Waals surface area contributed by atoms with Gasteiger partial charge in [0.15, 0.2) is 23.3 Å². The van der Waals surface area contributed by atoms with Crippen LogP contribution in [0.1, 0.15) is 18.2 Å². The summed E-state index contributed by atoms with van der Waals surface area (Å²) in [6, 6.07) is 4.25. The lowest BCUT2D eigenvalue weighted by Gasteiger charge is -2.31. The van der Waals surface area contributed by atoms with E-state index in [1.54, 1.807) is 53.3 Å². The fourth-order valence-corrected chi connectivity index (χ4v) is 3.42. The van der Waals surface area contributed by atoms with Gasteiger partial charge in [-0.2, -0.15) is 5.10 Å². The van der Waals surface area contributed by atoms with Gasteiger partial charge in [0, 0.05) is 42.5 Å². The SMILES string of the molecule is CC1=CC(OCc2ncc(F)cc2F)=C(Cl)C(=C=O)N1c1cc(-n2cccn2)ncc1C. The first-order chi connectivity index (χ1) is 15.4. The highest BCUT2D eigenvalue weighted by Gasteiger charge is 2.28. The summed E-state index contributed by atoms with van der Waals surface area (Å²) >= 11 is 6.44. The second-order valence-corrected chi connectivity index (χ2v) is 7.28. The lowest BCUT2D eigenvalue weighted by molar-refractivity contribution is 0.200. The van der Waals surface area contributed by atoms with Crippen LogP contribution in [0.3, 0.4) is 0 Å². The molecule has 0 aromatic carbocycles. The Hall–Kier alpha value is -3.81. The van der Waals surface area contributed by atoms with Crippen LogP contribution < -0.4 is 4.90 Å². The molecule has 0 saturated heterocycles. The summed E-state index contributed by atoms with van der Waals surface area (Å²) in [5, 5.41) is 4.17. The number of rotatable bonds is 5. The van der Waals surface area contributed by atoms with Crippen molar-refractivity contribution in [3.63, 3.8) is 0 Å². The van der Waals surface area contributed by atoms with Crippen LogP contribution in [0.25, 0.3) is 5.82 Å². The van der Waals surface area contributed by atoms with Gasteiger partial charge in [0.1, 0.15) is 28.9 Å². The number of allylic oxidation sites excluding steroid dienone is 3. The summed E-state index contributed by atoms with van der Waals surface area (Å²) in [5.41, 5.74) is 1.97. The second-order valence-electron chi connectivity index (χ2n) is 6.90. The molecular weight excluding hydrogens is 440 g/mol. The first kappa shape index (κ1) is 21.4. The highest BCUT2D eigenvalue weighted by atomic mass is 35.5. The highest BCUT2D eigenvalue weighted by Crippen LogP contribution is 2.37. The van der Waals surface area contributed by atoms with Gasteiger partial charge in [-0.3, -0.25) is 4.98 Å². The van der Waals surface area contributed by atoms with Crippen molar-refractivity contribution in [2.24, 2.45) is 0 Å². The normalized spacial score (nSPS) is 13.8. The van der Waals surface area contributed by atoms with Crippen molar-refractivity contribution in [2.75, 3.05) is 4.90 Å². The Kier molecular flexibility index (Phi) is 5.85. The van der Waals surface area contributed by atoms with E-state index >= 15 is 0 Å². The van der Waals surface area contributed by atoms with Crippen molar-refractivity contribution in [3.8, 4) is 5.82 Å². The van der Waals surface area contributed by atoms with E-state index in [1.165, 1.54) is 0 Å². The molecule has 1 aliphatic rings. The Balaban J connectivity index is 1.67. The molecule has 0 spiro atoms. The van der Waals surface area contributed by atoms with Gasteiger partial charge < -0.3 is 9.64 Å². The molecule has 0 radical (unpaired) electrons. The minimum atomic E-state index is -0.843. The van der Waals surface area contributed by atoms with Gasteiger partial charge in [-0.05, 0) is 25.5 Å². The molecular formula is C22H16ClF2N5O2. The number of anilines is 1. The Bertz CT molecular complexity index is 1300. The van der Waals surface area contributed by atoms with Crippen LogP contribution in [-0.2, 0) is 16.1 Å². The van der Waals surface area contributed by atoms with Gasteiger partial charge in [0.25, 0.3) is 0 Å². The van der Waals surface area contributed by atoms with Gasteiger partial charge in [-0.15, -0.1) is 0 Å². The molecule has 1 aliphatic heterocycles. The molecule has 4 rings (SSSR count). The van der Waals surface area contributed by atoms with Crippen LogP contribution in [-0.4, -0.2) is 25.7 Å². The zero-order valence-corrected chi connectivity index (χ0v) is 17.8. The van der Waals surface area contributed by atoms with Gasteiger partial charge in [0.2, 0.25) is 0 Å².